The zero-order chi connectivity index (χ0) is 19.4. The van der Waals surface area contributed by atoms with Crippen LogP contribution in [0.4, 0.5) is 0 Å². The largest absolute Gasteiger partial charge is 0.458 e. The summed E-state index contributed by atoms with van der Waals surface area (Å²) in [4.78, 5) is 35.8. The maximum Gasteiger partial charge on any atom is 0.303 e. The molecule has 0 aromatic heterocycles. The Bertz CT molecular complexity index is 707. The molecule has 3 saturated carbocycles. The molecule has 148 valence electrons. The zero-order valence-corrected chi connectivity index (χ0v) is 16.9. The number of fused-ring (bicyclic) bond motifs is 5. The number of hydrogen-bond acceptors (Lipinski definition) is 4. The second kappa shape index (κ2) is 6.56. The van der Waals surface area contributed by atoms with Gasteiger partial charge in [0, 0.05) is 19.3 Å². The Morgan fingerprint density at radius 1 is 1.07 bits per heavy atom. The number of ether oxygens (including phenoxy) is 1. The molecule has 0 bridgehead atoms. The normalized spacial score (nSPS) is 43.2. The molecule has 0 saturated heterocycles. The first-order valence-corrected chi connectivity index (χ1v) is 10.7. The summed E-state index contributed by atoms with van der Waals surface area (Å²) in [7, 11) is 0. The Labute approximate surface area is 162 Å². The molecule has 0 spiro atoms. The summed E-state index contributed by atoms with van der Waals surface area (Å²) < 4.78 is 5.02. The van der Waals surface area contributed by atoms with Gasteiger partial charge < -0.3 is 4.74 Å². The molecule has 0 N–H and O–H groups in total. The van der Waals surface area contributed by atoms with E-state index < -0.39 is 0 Å². The van der Waals surface area contributed by atoms with Gasteiger partial charge in [0.1, 0.15) is 6.61 Å². The van der Waals surface area contributed by atoms with Gasteiger partial charge in [0.15, 0.2) is 11.6 Å². The second-order valence-electron chi connectivity index (χ2n) is 9.89. The molecule has 0 aliphatic heterocycles. The van der Waals surface area contributed by atoms with Crippen molar-refractivity contribution in [2.24, 2.45) is 34.5 Å². The minimum absolute atomic E-state index is 0.0282. The molecule has 4 aliphatic rings. The lowest BCUT2D eigenvalue weighted by Crippen LogP contribution is -2.51. The summed E-state index contributed by atoms with van der Waals surface area (Å²) in [5.41, 5.74) is 1.61. The van der Waals surface area contributed by atoms with Crippen molar-refractivity contribution in [2.75, 3.05) is 6.61 Å². The quantitative estimate of drug-likeness (QED) is 0.694. The van der Waals surface area contributed by atoms with E-state index in [2.05, 4.69) is 13.8 Å². The van der Waals surface area contributed by atoms with E-state index in [0.29, 0.717) is 30.0 Å². The monoisotopic (exact) mass is 372 g/mol. The topological polar surface area (TPSA) is 60.4 Å². The van der Waals surface area contributed by atoms with Crippen molar-refractivity contribution in [1.82, 2.24) is 0 Å². The van der Waals surface area contributed by atoms with E-state index in [1.165, 1.54) is 12.5 Å². The zero-order valence-electron chi connectivity index (χ0n) is 16.9. The van der Waals surface area contributed by atoms with Gasteiger partial charge in [-0.1, -0.05) is 19.4 Å². The van der Waals surface area contributed by atoms with E-state index in [0.717, 1.165) is 44.9 Å². The van der Waals surface area contributed by atoms with E-state index >= 15 is 0 Å². The van der Waals surface area contributed by atoms with Crippen LogP contribution < -0.4 is 0 Å². The molecule has 0 radical (unpaired) electrons. The third kappa shape index (κ3) is 2.91. The molecular formula is C23H32O4. The summed E-state index contributed by atoms with van der Waals surface area (Å²) in [5.74, 6) is 1.95. The smallest absolute Gasteiger partial charge is 0.303 e. The van der Waals surface area contributed by atoms with Gasteiger partial charge in [-0.25, -0.2) is 0 Å². The average Bonchev–Trinajstić information content (AvgIpc) is 2.97. The van der Waals surface area contributed by atoms with Crippen molar-refractivity contribution in [3.8, 4) is 0 Å². The lowest BCUT2D eigenvalue weighted by molar-refractivity contribution is -0.149. The van der Waals surface area contributed by atoms with Gasteiger partial charge in [0.25, 0.3) is 0 Å². The van der Waals surface area contributed by atoms with Crippen molar-refractivity contribution in [3.05, 3.63) is 11.6 Å². The van der Waals surface area contributed by atoms with Crippen molar-refractivity contribution < 1.29 is 19.1 Å². The van der Waals surface area contributed by atoms with E-state index in [9.17, 15) is 14.4 Å². The number of carbonyl (C=O) groups is 3. The number of hydrogen-bond donors (Lipinski definition) is 0. The molecule has 0 heterocycles. The molecule has 4 rings (SSSR count). The van der Waals surface area contributed by atoms with Gasteiger partial charge in [-0.15, -0.1) is 0 Å². The number of allylic oxidation sites excluding steroid dienone is 1. The van der Waals surface area contributed by atoms with Crippen molar-refractivity contribution in [2.45, 2.75) is 72.1 Å². The third-order valence-electron chi connectivity index (χ3n) is 8.77. The maximum atomic E-state index is 12.8. The van der Waals surface area contributed by atoms with Crippen LogP contribution in [0.15, 0.2) is 11.6 Å². The molecule has 4 heteroatoms. The Morgan fingerprint density at radius 3 is 2.59 bits per heavy atom. The summed E-state index contributed by atoms with van der Waals surface area (Å²) >= 11 is 0. The average molecular weight is 373 g/mol. The van der Waals surface area contributed by atoms with Crippen LogP contribution in [0.1, 0.15) is 72.1 Å². The van der Waals surface area contributed by atoms with Crippen LogP contribution in [0.5, 0.6) is 0 Å². The first-order chi connectivity index (χ1) is 12.8. The lowest BCUT2D eigenvalue weighted by Gasteiger charge is -2.58. The second-order valence-corrected chi connectivity index (χ2v) is 9.89. The van der Waals surface area contributed by atoms with Crippen molar-refractivity contribution >= 4 is 17.5 Å². The van der Waals surface area contributed by atoms with E-state index in [1.807, 2.05) is 6.08 Å². The predicted molar refractivity (Wildman–Crippen MR) is 102 cm³/mol. The number of carbonyl (C=O) groups excluding carboxylic acids is 3. The maximum absolute atomic E-state index is 12.8. The van der Waals surface area contributed by atoms with Gasteiger partial charge in [0.05, 0.1) is 0 Å². The van der Waals surface area contributed by atoms with Gasteiger partial charge in [-0.3, -0.25) is 14.4 Å². The number of esters is 1. The highest BCUT2D eigenvalue weighted by molar-refractivity contribution is 5.91. The highest BCUT2D eigenvalue weighted by Crippen LogP contribution is 2.66. The molecule has 4 aliphatic carbocycles. The van der Waals surface area contributed by atoms with Gasteiger partial charge >= 0.3 is 5.97 Å². The first kappa shape index (κ1) is 18.9. The summed E-state index contributed by atoms with van der Waals surface area (Å²) in [6, 6.07) is 0. The molecule has 0 aromatic carbocycles. The van der Waals surface area contributed by atoms with Crippen LogP contribution in [0.3, 0.4) is 0 Å². The molecule has 27 heavy (non-hydrogen) atoms. The van der Waals surface area contributed by atoms with Crippen molar-refractivity contribution in [1.29, 1.82) is 0 Å². The van der Waals surface area contributed by atoms with E-state index in [4.69, 9.17) is 4.74 Å². The Kier molecular flexibility index (Phi) is 4.59. The summed E-state index contributed by atoms with van der Waals surface area (Å²) in [6.07, 6.45) is 10.1. The molecule has 4 nitrogen and oxygen atoms in total. The van der Waals surface area contributed by atoms with E-state index in [-0.39, 0.29) is 35.1 Å². The number of ketones is 2. The minimum Gasteiger partial charge on any atom is -0.458 e. The minimum atomic E-state index is -0.377. The molecule has 3 fully saturated rings. The van der Waals surface area contributed by atoms with Crippen LogP contribution in [0.25, 0.3) is 0 Å². The van der Waals surface area contributed by atoms with Gasteiger partial charge in [-0.2, -0.15) is 0 Å². The summed E-state index contributed by atoms with van der Waals surface area (Å²) in [5, 5.41) is 0. The highest BCUT2D eigenvalue weighted by atomic mass is 16.5. The molecular weight excluding hydrogens is 340 g/mol. The van der Waals surface area contributed by atoms with Gasteiger partial charge in [0.2, 0.25) is 0 Å². The van der Waals surface area contributed by atoms with Crippen LogP contribution in [-0.4, -0.2) is 24.1 Å². The summed E-state index contributed by atoms with van der Waals surface area (Å²) in [6.45, 7) is 6.00. The first-order valence-electron chi connectivity index (χ1n) is 10.7. The number of rotatable bonds is 3. The highest BCUT2D eigenvalue weighted by Gasteiger charge is 2.60. The fourth-order valence-electron chi connectivity index (χ4n) is 7.36. The van der Waals surface area contributed by atoms with Crippen molar-refractivity contribution in [3.63, 3.8) is 0 Å². The SMILES string of the molecule is CC(=O)OCC(=O)C1CCC2C3CCC4=CC(=O)CC[C@@]4(C)C3CC[C@]12C. The standard InChI is InChI=1S/C23H32O4/c1-14(24)27-13-21(26)20-7-6-18-17-5-4-15-12-16(25)8-10-22(15,2)19(17)9-11-23(18,20)3/h12,17-20H,4-11,13H2,1-3H3/t17?,18?,19?,20?,22-,23+/m1/s1. The Balaban J connectivity index is 1.56. The third-order valence-corrected chi connectivity index (χ3v) is 8.77. The van der Waals surface area contributed by atoms with Crippen LogP contribution >= 0.6 is 0 Å². The molecule has 4 unspecified atom stereocenters. The predicted octanol–water partition coefficient (Wildman–Crippen LogP) is 4.27. The Hall–Kier alpha value is -1.45. The molecule has 0 aromatic rings. The fourth-order valence-corrected chi connectivity index (χ4v) is 7.36. The van der Waals surface area contributed by atoms with E-state index in [1.54, 1.807) is 0 Å². The molecule has 6 atom stereocenters. The van der Waals surface area contributed by atoms with Gasteiger partial charge in [-0.05, 0) is 79.6 Å². The van der Waals surface area contributed by atoms with Crippen LogP contribution in [0, 0.1) is 34.5 Å². The van der Waals surface area contributed by atoms with Crippen LogP contribution in [0.2, 0.25) is 0 Å². The number of Topliss-reactive ketones (excluding diaryl/α,β-unsaturated/α-hetero) is 1. The fraction of sp³-hybridized carbons (Fsp3) is 0.783. The lowest BCUT2D eigenvalue weighted by atomic mass is 9.46. The van der Waals surface area contributed by atoms with Crippen LogP contribution in [-0.2, 0) is 19.1 Å². The Morgan fingerprint density at radius 2 is 1.85 bits per heavy atom. The molecule has 0 amide bonds.